The Balaban J connectivity index is 1.46. The van der Waals surface area contributed by atoms with Crippen LogP contribution in [0, 0.1) is 23.0 Å². The molecule has 0 aromatic heterocycles. The van der Waals surface area contributed by atoms with E-state index >= 15 is 0 Å². The number of amides is 1. The molecule has 3 aromatic rings. The minimum Gasteiger partial charge on any atom is -0.489 e. The Hall–Kier alpha value is -3.91. The molecule has 1 aliphatic rings. The molecule has 0 N–H and O–H groups in total. The van der Waals surface area contributed by atoms with Crippen molar-refractivity contribution in [3.63, 3.8) is 0 Å². The maximum absolute atomic E-state index is 13.2. The summed E-state index contributed by atoms with van der Waals surface area (Å²) in [6.45, 7) is 7.10. The van der Waals surface area contributed by atoms with Gasteiger partial charge in [-0.25, -0.2) is 4.99 Å². The van der Waals surface area contributed by atoms with Crippen molar-refractivity contribution in [2.45, 2.75) is 27.4 Å². The van der Waals surface area contributed by atoms with E-state index in [-0.39, 0.29) is 11.6 Å². The zero-order valence-corrected chi connectivity index (χ0v) is 21.2. The molecule has 0 unspecified atom stereocenters. The van der Waals surface area contributed by atoms with Gasteiger partial charge in [0.2, 0.25) is 0 Å². The zero-order chi connectivity index (χ0) is 25.7. The van der Waals surface area contributed by atoms with Crippen LogP contribution < -0.4 is 4.74 Å². The van der Waals surface area contributed by atoms with Gasteiger partial charge in [-0.15, -0.1) is 0 Å². The molecule has 0 bridgehead atoms. The minimum atomic E-state index is -0.426. The third-order valence-corrected chi connectivity index (χ3v) is 6.43. The monoisotopic (exact) mass is 501 g/mol. The second kappa shape index (κ2) is 11.2. The van der Waals surface area contributed by atoms with Crippen molar-refractivity contribution < 1.29 is 14.5 Å². The third-order valence-electron chi connectivity index (χ3n) is 5.43. The fraction of sp³-hybridized carbons (Fsp3) is 0.214. The molecule has 1 heterocycles. The van der Waals surface area contributed by atoms with Gasteiger partial charge in [0.1, 0.15) is 12.4 Å². The number of benzene rings is 3. The summed E-state index contributed by atoms with van der Waals surface area (Å²) < 4.78 is 5.80. The largest absolute Gasteiger partial charge is 0.489 e. The summed E-state index contributed by atoms with van der Waals surface area (Å²) in [6.07, 6.45) is 1.87. The molecule has 36 heavy (non-hydrogen) atoms. The van der Waals surface area contributed by atoms with Crippen LogP contribution in [0.15, 0.2) is 82.7 Å². The van der Waals surface area contributed by atoms with Crippen LogP contribution in [0.3, 0.4) is 0 Å². The lowest BCUT2D eigenvalue weighted by Gasteiger charge is -2.17. The number of nitrogens with zero attached hydrogens (tertiary/aromatic N) is 3. The maximum atomic E-state index is 13.2. The van der Waals surface area contributed by atoms with E-state index < -0.39 is 4.92 Å². The second-order valence-electron chi connectivity index (χ2n) is 8.93. The Kier molecular flexibility index (Phi) is 7.85. The number of aliphatic imine (C=N–C) groups is 1. The Morgan fingerprint density at radius 1 is 1.03 bits per heavy atom. The van der Waals surface area contributed by atoms with Crippen molar-refractivity contribution in [2.24, 2.45) is 10.9 Å². The second-order valence-corrected chi connectivity index (χ2v) is 9.94. The summed E-state index contributed by atoms with van der Waals surface area (Å²) in [5.74, 6) is 0.936. The first-order valence-electron chi connectivity index (χ1n) is 11.6. The normalized spacial score (nSPS) is 15.8. The van der Waals surface area contributed by atoms with Crippen molar-refractivity contribution in [3.05, 3.63) is 105 Å². The van der Waals surface area contributed by atoms with Crippen molar-refractivity contribution in [1.82, 2.24) is 4.90 Å². The number of aryl methyl sites for hydroxylation is 1. The van der Waals surface area contributed by atoms with Crippen molar-refractivity contribution in [3.8, 4) is 5.75 Å². The Labute approximate surface area is 214 Å². The van der Waals surface area contributed by atoms with E-state index in [0.717, 1.165) is 22.4 Å². The van der Waals surface area contributed by atoms with Crippen LogP contribution in [0.5, 0.6) is 5.75 Å². The molecule has 0 aliphatic carbocycles. The Bertz CT molecular complexity index is 1300. The number of ether oxygens (including phenoxy) is 1. The first-order chi connectivity index (χ1) is 17.3. The summed E-state index contributed by atoms with van der Waals surface area (Å²) in [7, 11) is 0. The van der Waals surface area contributed by atoms with Gasteiger partial charge < -0.3 is 4.74 Å². The fourth-order valence-electron chi connectivity index (χ4n) is 3.54. The van der Waals surface area contributed by atoms with Crippen LogP contribution in [0.4, 0.5) is 11.4 Å². The van der Waals surface area contributed by atoms with E-state index in [9.17, 15) is 14.9 Å². The Morgan fingerprint density at radius 2 is 1.69 bits per heavy atom. The fourth-order valence-corrected chi connectivity index (χ4v) is 4.55. The molecule has 7 nitrogen and oxygen atoms in total. The molecular weight excluding hydrogens is 474 g/mol. The van der Waals surface area contributed by atoms with Crippen molar-refractivity contribution in [2.75, 3.05) is 6.54 Å². The molecule has 1 saturated heterocycles. The van der Waals surface area contributed by atoms with Gasteiger partial charge in [0.15, 0.2) is 5.17 Å². The lowest BCUT2D eigenvalue weighted by molar-refractivity contribution is -0.384. The number of hydrogen-bond donors (Lipinski definition) is 0. The van der Waals surface area contributed by atoms with E-state index in [1.165, 1.54) is 23.9 Å². The van der Waals surface area contributed by atoms with Crippen LogP contribution in [0.2, 0.25) is 0 Å². The molecular formula is C28H27N3O4S. The van der Waals surface area contributed by atoms with Crippen LogP contribution in [-0.2, 0) is 11.4 Å². The first kappa shape index (κ1) is 25.2. The zero-order valence-electron chi connectivity index (χ0n) is 20.4. The number of nitro groups is 1. The predicted octanol–water partition coefficient (Wildman–Crippen LogP) is 6.74. The number of carbonyl (C=O) groups is 1. The number of non-ortho nitro benzene ring substituents is 1. The van der Waals surface area contributed by atoms with E-state index in [1.807, 2.05) is 61.5 Å². The third kappa shape index (κ3) is 6.40. The first-order valence-corrected chi connectivity index (χ1v) is 12.4. The highest BCUT2D eigenvalue weighted by atomic mass is 32.2. The van der Waals surface area contributed by atoms with Gasteiger partial charge in [-0.3, -0.25) is 19.8 Å². The van der Waals surface area contributed by atoms with Crippen LogP contribution in [0.1, 0.15) is 30.5 Å². The van der Waals surface area contributed by atoms with Gasteiger partial charge >= 0.3 is 0 Å². The quantitative estimate of drug-likeness (QED) is 0.194. The maximum Gasteiger partial charge on any atom is 0.269 e. The highest BCUT2D eigenvalue weighted by Gasteiger charge is 2.33. The molecule has 1 aliphatic heterocycles. The number of thioether (sulfide) groups is 1. The minimum absolute atomic E-state index is 0.0435. The lowest BCUT2D eigenvalue weighted by atomic mass is 10.2. The van der Waals surface area contributed by atoms with Gasteiger partial charge in [0.05, 0.1) is 15.5 Å². The van der Waals surface area contributed by atoms with Crippen LogP contribution >= 0.6 is 11.8 Å². The highest BCUT2D eigenvalue weighted by molar-refractivity contribution is 8.18. The lowest BCUT2D eigenvalue weighted by Crippen LogP contribution is -2.32. The number of nitro benzene ring substituents is 1. The molecule has 0 radical (unpaired) electrons. The number of amidine groups is 1. The van der Waals surface area contributed by atoms with Crippen molar-refractivity contribution >= 4 is 40.3 Å². The van der Waals surface area contributed by atoms with E-state index in [0.29, 0.717) is 34.9 Å². The van der Waals surface area contributed by atoms with Crippen molar-refractivity contribution in [1.29, 1.82) is 0 Å². The highest BCUT2D eigenvalue weighted by Crippen LogP contribution is 2.35. The predicted molar refractivity (Wildman–Crippen MR) is 144 cm³/mol. The van der Waals surface area contributed by atoms with Gasteiger partial charge in [-0.2, -0.15) is 0 Å². The average molecular weight is 502 g/mol. The summed E-state index contributed by atoms with van der Waals surface area (Å²) >= 11 is 1.39. The number of hydrogen-bond acceptors (Lipinski definition) is 6. The molecule has 4 rings (SSSR count). The van der Waals surface area contributed by atoms with Crippen LogP contribution in [0.25, 0.3) is 6.08 Å². The Morgan fingerprint density at radius 3 is 2.31 bits per heavy atom. The summed E-state index contributed by atoms with van der Waals surface area (Å²) in [4.78, 5) is 30.7. The molecule has 3 aromatic carbocycles. The SMILES string of the molecule is Cc1ccc(N=C2S/C(=C/c3ccc(OCc4ccc([N+](=O)[O-])cc4)cc3)C(=O)N2CC(C)C)cc1. The van der Waals surface area contributed by atoms with E-state index in [1.54, 1.807) is 17.0 Å². The summed E-state index contributed by atoms with van der Waals surface area (Å²) in [5.41, 5.74) is 3.75. The standard InChI is InChI=1S/C28H27N3O4S/c1-19(2)17-30-27(32)26(36-28(30)29-23-10-4-20(3)5-11-23)16-21-8-14-25(15-9-21)35-18-22-6-12-24(13-7-22)31(33)34/h4-16,19H,17-18H2,1-3H3/b26-16+,29-28?. The summed E-state index contributed by atoms with van der Waals surface area (Å²) in [5, 5.41) is 11.5. The molecule has 184 valence electrons. The smallest absolute Gasteiger partial charge is 0.269 e. The van der Waals surface area contributed by atoms with Gasteiger partial charge in [-0.05, 0) is 78.2 Å². The molecule has 0 spiro atoms. The van der Waals surface area contributed by atoms with Gasteiger partial charge in [-0.1, -0.05) is 43.7 Å². The molecule has 0 saturated carbocycles. The molecule has 1 fully saturated rings. The topological polar surface area (TPSA) is 85.0 Å². The summed E-state index contributed by atoms with van der Waals surface area (Å²) in [6, 6.07) is 21.7. The molecule has 8 heteroatoms. The van der Waals surface area contributed by atoms with Gasteiger partial charge in [0, 0.05) is 18.7 Å². The number of carbonyl (C=O) groups excluding carboxylic acids is 1. The van der Waals surface area contributed by atoms with E-state index in [2.05, 4.69) is 13.8 Å². The number of rotatable bonds is 8. The van der Waals surface area contributed by atoms with Gasteiger partial charge in [0.25, 0.3) is 11.6 Å². The van der Waals surface area contributed by atoms with E-state index in [4.69, 9.17) is 9.73 Å². The average Bonchev–Trinajstić information content (AvgIpc) is 3.13. The van der Waals surface area contributed by atoms with Crippen LogP contribution in [-0.4, -0.2) is 27.4 Å². The molecule has 1 amide bonds. The molecule has 0 atom stereocenters.